The Hall–Kier alpha value is -2.11. The zero-order chi connectivity index (χ0) is 13.2. The van der Waals surface area contributed by atoms with Crippen LogP contribution in [0, 0.1) is 5.82 Å². The van der Waals surface area contributed by atoms with Crippen LogP contribution in [0.3, 0.4) is 0 Å². The van der Waals surface area contributed by atoms with Crippen molar-refractivity contribution >= 4 is 0 Å². The summed E-state index contributed by atoms with van der Waals surface area (Å²) in [5.41, 5.74) is 0.457. The first-order valence-corrected chi connectivity index (χ1v) is 4.92. The summed E-state index contributed by atoms with van der Waals surface area (Å²) in [6, 6.07) is 7.50. The predicted octanol–water partition coefficient (Wildman–Crippen LogP) is 3.79. The van der Waals surface area contributed by atoms with Crippen LogP contribution < -0.4 is 4.74 Å². The maximum atomic E-state index is 13.4. The average molecular weight is 257 g/mol. The van der Waals surface area contributed by atoms with Gasteiger partial charge in [-0.05, 0) is 36.4 Å². The Labute approximate surface area is 99.8 Å². The number of halogens is 4. The van der Waals surface area contributed by atoms with Crippen LogP contribution >= 0.6 is 0 Å². The van der Waals surface area contributed by atoms with Gasteiger partial charge in [0.05, 0.1) is 0 Å². The van der Waals surface area contributed by atoms with E-state index in [2.05, 4.69) is 9.72 Å². The molecule has 0 fully saturated rings. The first-order valence-electron chi connectivity index (χ1n) is 4.92. The monoisotopic (exact) mass is 257 g/mol. The number of hydrogen-bond acceptors (Lipinski definition) is 2. The van der Waals surface area contributed by atoms with Gasteiger partial charge in [0.15, 0.2) is 0 Å². The Morgan fingerprint density at radius 3 is 2.22 bits per heavy atom. The second-order valence-electron chi connectivity index (χ2n) is 3.41. The summed E-state index contributed by atoms with van der Waals surface area (Å²) in [4.78, 5) is 3.81. The lowest BCUT2D eigenvalue weighted by atomic mass is 10.1. The highest BCUT2D eigenvalue weighted by Gasteiger charge is 2.30. The van der Waals surface area contributed by atoms with Crippen molar-refractivity contribution in [1.82, 2.24) is 4.98 Å². The van der Waals surface area contributed by atoms with Crippen molar-refractivity contribution in [1.29, 1.82) is 0 Å². The van der Waals surface area contributed by atoms with Gasteiger partial charge in [-0.25, -0.2) is 4.39 Å². The molecule has 0 atom stereocenters. The van der Waals surface area contributed by atoms with Crippen molar-refractivity contribution in [2.45, 2.75) is 6.36 Å². The van der Waals surface area contributed by atoms with Crippen LogP contribution in [0.15, 0.2) is 42.6 Å². The zero-order valence-corrected chi connectivity index (χ0v) is 8.91. The third-order valence-electron chi connectivity index (χ3n) is 2.12. The van der Waals surface area contributed by atoms with Crippen LogP contribution in [0.25, 0.3) is 11.3 Å². The normalized spacial score (nSPS) is 11.3. The minimum Gasteiger partial charge on any atom is -0.406 e. The number of aromatic nitrogens is 1. The van der Waals surface area contributed by atoms with Gasteiger partial charge in [-0.3, -0.25) is 4.98 Å². The molecule has 6 heteroatoms. The molecule has 0 aliphatic heterocycles. The van der Waals surface area contributed by atoms with Gasteiger partial charge < -0.3 is 4.74 Å². The lowest BCUT2D eigenvalue weighted by molar-refractivity contribution is -0.274. The van der Waals surface area contributed by atoms with Gasteiger partial charge in [-0.2, -0.15) is 0 Å². The number of benzene rings is 1. The molecule has 0 saturated heterocycles. The second kappa shape index (κ2) is 4.64. The molecule has 0 N–H and O–H groups in total. The Morgan fingerprint density at radius 2 is 1.67 bits per heavy atom. The van der Waals surface area contributed by atoms with Gasteiger partial charge in [-0.15, -0.1) is 13.2 Å². The molecule has 2 nitrogen and oxygen atoms in total. The van der Waals surface area contributed by atoms with E-state index in [9.17, 15) is 17.6 Å². The van der Waals surface area contributed by atoms with Gasteiger partial charge in [0.1, 0.15) is 17.3 Å². The Morgan fingerprint density at radius 1 is 1.00 bits per heavy atom. The molecule has 18 heavy (non-hydrogen) atoms. The molecule has 0 aliphatic rings. The van der Waals surface area contributed by atoms with Gasteiger partial charge in [0, 0.05) is 11.8 Å². The summed E-state index contributed by atoms with van der Waals surface area (Å²) in [5, 5.41) is 0. The molecular weight excluding hydrogens is 250 g/mol. The van der Waals surface area contributed by atoms with Gasteiger partial charge in [-0.1, -0.05) is 0 Å². The van der Waals surface area contributed by atoms with Crippen molar-refractivity contribution < 1.29 is 22.3 Å². The Balaban J connectivity index is 2.26. The minimum atomic E-state index is -4.74. The minimum absolute atomic E-state index is 0.0797. The van der Waals surface area contributed by atoms with Gasteiger partial charge >= 0.3 is 6.36 Å². The largest absolute Gasteiger partial charge is 0.573 e. The molecule has 2 rings (SSSR count). The van der Waals surface area contributed by atoms with Gasteiger partial charge in [0.2, 0.25) is 0 Å². The van der Waals surface area contributed by atoms with Gasteiger partial charge in [0.25, 0.3) is 0 Å². The number of ether oxygens (including phenoxy) is 1. The number of hydrogen-bond donors (Lipinski definition) is 0. The quantitative estimate of drug-likeness (QED) is 0.764. The van der Waals surface area contributed by atoms with Crippen LogP contribution in [-0.4, -0.2) is 11.3 Å². The smallest absolute Gasteiger partial charge is 0.406 e. The summed E-state index contributed by atoms with van der Waals surface area (Å²) in [5.74, 6) is -0.899. The van der Waals surface area contributed by atoms with E-state index in [4.69, 9.17) is 0 Å². The third-order valence-corrected chi connectivity index (χ3v) is 2.12. The maximum absolute atomic E-state index is 13.4. The lowest BCUT2D eigenvalue weighted by Crippen LogP contribution is -2.16. The van der Waals surface area contributed by atoms with Crippen LogP contribution in [-0.2, 0) is 0 Å². The number of rotatable bonds is 2. The summed E-state index contributed by atoms with van der Waals surface area (Å²) < 4.78 is 52.9. The van der Waals surface area contributed by atoms with Crippen LogP contribution in [0.4, 0.5) is 17.6 Å². The Kier molecular flexibility index (Phi) is 3.18. The highest BCUT2D eigenvalue weighted by molar-refractivity contribution is 5.60. The van der Waals surface area contributed by atoms with E-state index in [1.54, 1.807) is 0 Å². The number of nitrogens with zero attached hydrogens (tertiary/aromatic N) is 1. The standard InChI is InChI=1S/C12H7F4NO/c13-10-2-1-7-17-11(10)8-3-5-9(6-4-8)18-12(14,15)16/h1-7H. The number of alkyl halides is 3. The molecule has 1 aromatic carbocycles. The first-order chi connectivity index (χ1) is 8.46. The van der Waals surface area contributed by atoms with E-state index in [1.165, 1.54) is 30.5 Å². The van der Waals surface area contributed by atoms with E-state index in [-0.39, 0.29) is 11.4 Å². The molecule has 0 aliphatic carbocycles. The van der Waals surface area contributed by atoms with E-state index >= 15 is 0 Å². The first kappa shape index (κ1) is 12.3. The molecule has 0 spiro atoms. The molecule has 1 heterocycles. The Bertz CT molecular complexity index is 537. The lowest BCUT2D eigenvalue weighted by Gasteiger charge is -2.09. The van der Waals surface area contributed by atoms with E-state index in [0.29, 0.717) is 5.56 Å². The highest BCUT2D eigenvalue weighted by Crippen LogP contribution is 2.26. The van der Waals surface area contributed by atoms with Crippen molar-refractivity contribution in [3.8, 4) is 17.0 Å². The topological polar surface area (TPSA) is 22.1 Å². The van der Waals surface area contributed by atoms with Crippen LogP contribution in [0.5, 0.6) is 5.75 Å². The molecule has 0 bridgehead atoms. The second-order valence-corrected chi connectivity index (χ2v) is 3.41. The van der Waals surface area contributed by atoms with Crippen LogP contribution in [0.1, 0.15) is 0 Å². The summed E-state index contributed by atoms with van der Waals surface area (Å²) in [7, 11) is 0. The third kappa shape index (κ3) is 2.97. The average Bonchev–Trinajstić information content (AvgIpc) is 2.29. The summed E-state index contributed by atoms with van der Waals surface area (Å²) >= 11 is 0. The van der Waals surface area contributed by atoms with Crippen molar-refractivity contribution in [2.75, 3.05) is 0 Å². The fourth-order valence-corrected chi connectivity index (χ4v) is 1.41. The van der Waals surface area contributed by atoms with Crippen LogP contribution in [0.2, 0.25) is 0 Å². The summed E-state index contributed by atoms with van der Waals surface area (Å²) in [6.45, 7) is 0. The highest BCUT2D eigenvalue weighted by atomic mass is 19.4. The molecule has 2 aromatic rings. The molecular formula is C12H7F4NO. The predicted molar refractivity (Wildman–Crippen MR) is 56.3 cm³/mol. The van der Waals surface area contributed by atoms with E-state index < -0.39 is 12.2 Å². The molecule has 0 radical (unpaired) electrons. The molecule has 94 valence electrons. The number of pyridine rings is 1. The molecule has 1 aromatic heterocycles. The SMILES string of the molecule is Fc1cccnc1-c1ccc(OC(F)(F)F)cc1. The van der Waals surface area contributed by atoms with Crippen molar-refractivity contribution in [2.24, 2.45) is 0 Å². The maximum Gasteiger partial charge on any atom is 0.573 e. The zero-order valence-electron chi connectivity index (χ0n) is 8.91. The fraction of sp³-hybridized carbons (Fsp3) is 0.0833. The summed E-state index contributed by atoms with van der Waals surface area (Å²) in [6.07, 6.45) is -3.34. The fourth-order valence-electron chi connectivity index (χ4n) is 1.41. The van der Waals surface area contributed by atoms with E-state index in [0.717, 1.165) is 12.1 Å². The molecule has 0 unspecified atom stereocenters. The van der Waals surface area contributed by atoms with E-state index in [1.807, 2.05) is 0 Å². The molecule has 0 amide bonds. The van der Waals surface area contributed by atoms with Crippen molar-refractivity contribution in [3.63, 3.8) is 0 Å². The van der Waals surface area contributed by atoms with Crippen molar-refractivity contribution in [3.05, 3.63) is 48.4 Å². The molecule has 0 saturated carbocycles.